The highest BCUT2D eigenvalue weighted by molar-refractivity contribution is 7.98. The molecule has 2 rings (SSSR count). The number of nitrogens with one attached hydrogen (secondary N) is 2. The first kappa shape index (κ1) is 18.4. The minimum absolute atomic E-state index is 0.0419. The third kappa shape index (κ3) is 5.30. The van der Waals surface area contributed by atoms with E-state index in [-0.39, 0.29) is 5.41 Å². The molecule has 1 aliphatic rings. The number of thioether (sulfide) groups is 1. The number of halogens is 1. The Kier molecular flexibility index (Phi) is 7.53. The molecule has 0 aliphatic carbocycles. The lowest BCUT2D eigenvalue weighted by molar-refractivity contribution is 0.0514. The molecule has 0 spiro atoms. The Morgan fingerprint density at radius 1 is 1.35 bits per heavy atom. The van der Waals surface area contributed by atoms with Crippen LogP contribution in [-0.4, -0.2) is 51.3 Å². The number of benzene rings is 1. The average Bonchev–Trinajstić information content (AvgIpc) is 2.59. The van der Waals surface area contributed by atoms with Gasteiger partial charge in [0.1, 0.15) is 0 Å². The van der Waals surface area contributed by atoms with Crippen molar-refractivity contribution in [2.24, 2.45) is 4.99 Å². The molecule has 0 unspecified atom stereocenters. The van der Waals surface area contributed by atoms with Crippen LogP contribution >= 0.6 is 23.4 Å². The summed E-state index contributed by atoms with van der Waals surface area (Å²) in [5, 5.41) is 7.63. The molecule has 0 saturated carbocycles. The maximum absolute atomic E-state index is 6.21. The summed E-state index contributed by atoms with van der Waals surface area (Å²) < 4.78 is 5.58. The smallest absolute Gasteiger partial charge is 0.191 e. The van der Waals surface area contributed by atoms with Gasteiger partial charge in [-0.3, -0.25) is 4.99 Å². The van der Waals surface area contributed by atoms with Crippen molar-refractivity contribution in [2.75, 3.05) is 45.4 Å². The third-order valence-electron chi connectivity index (χ3n) is 4.30. The zero-order chi connectivity index (χ0) is 16.5. The van der Waals surface area contributed by atoms with Gasteiger partial charge in [0.2, 0.25) is 0 Å². The molecule has 0 bridgehead atoms. The highest BCUT2D eigenvalue weighted by Crippen LogP contribution is 2.35. The molecule has 0 atom stereocenters. The van der Waals surface area contributed by atoms with Crippen molar-refractivity contribution in [3.8, 4) is 0 Å². The van der Waals surface area contributed by atoms with Gasteiger partial charge in [0.15, 0.2) is 5.96 Å². The summed E-state index contributed by atoms with van der Waals surface area (Å²) in [6, 6.07) is 8.20. The predicted octanol–water partition coefficient (Wildman–Crippen LogP) is 2.92. The number of aliphatic imine (C=N–C) groups is 1. The third-order valence-corrected chi connectivity index (χ3v) is 5.15. The van der Waals surface area contributed by atoms with Crippen molar-refractivity contribution in [1.29, 1.82) is 0 Å². The molecule has 4 nitrogen and oxygen atoms in total. The van der Waals surface area contributed by atoms with Crippen LogP contribution in [-0.2, 0) is 10.2 Å². The Labute approximate surface area is 148 Å². The van der Waals surface area contributed by atoms with Crippen molar-refractivity contribution < 1.29 is 4.74 Å². The highest BCUT2D eigenvalue weighted by atomic mass is 35.5. The fraction of sp³-hybridized carbons (Fsp3) is 0.588. The molecule has 2 N–H and O–H groups in total. The second kappa shape index (κ2) is 9.40. The molecule has 0 aromatic heterocycles. The number of nitrogens with zero attached hydrogens (tertiary/aromatic N) is 1. The minimum Gasteiger partial charge on any atom is -0.381 e. The Hall–Kier alpha value is -0.910. The number of hydrogen-bond acceptors (Lipinski definition) is 3. The molecule has 1 heterocycles. The molecule has 1 aromatic rings. The van der Waals surface area contributed by atoms with E-state index >= 15 is 0 Å². The van der Waals surface area contributed by atoms with Gasteiger partial charge in [-0.25, -0.2) is 0 Å². The summed E-state index contributed by atoms with van der Waals surface area (Å²) in [5.41, 5.74) is 1.32. The summed E-state index contributed by atoms with van der Waals surface area (Å²) >= 11 is 8.03. The van der Waals surface area contributed by atoms with E-state index in [1.165, 1.54) is 5.56 Å². The van der Waals surface area contributed by atoms with E-state index in [1.807, 2.05) is 30.9 Å². The van der Waals surface area contributed by atoms with E-state index in [9.17, 15) is 0 Å². The van der Waals surface area contributed by atoms with Gasteiger partial charge in [-0.2, -0.15) is 11.8 Å². The first-order valence-electron chi connectivity index (χ1n) is 7.97. The van der Waals surface area contributed by atoms with Crippen LogP contribution in [0.2, 0.25) is 5.02 Å². The summed E-state index contributed by atoms with van der Waals surface area (Å²) in [7, 11) is 1.81. The quantitative estimate of drug-likeness (QED) is 0.468. The van der Waals surface area contributed by atoms with Gasteiger partial charge in [0.05, 0.1) is 0 Å². The molecular weight excluding hydrogens is 330 g/mol. The van der Waals surface area contributed by atoms with E-state index in [4.69, 9.17) is 16.3 Å². The van der Waals surface area contributed by atoms with Gasteiger partial charge in [-0.15, -0.1) is 0 Å². The van der Waals surface area contributed by atoms with E-state index in [0.29, 0.717) is 0 Å². The molecule has 128 valence electrons. The molecular formula is C17H26ClN3OS. The minimum atomic E-state index is 0.0419. The van der Waals surface area contributed by atoms with E-state index in [0.717, 1.165) is 55.9 Å². The normalized spacial score (nSPS) is 17.8. The van der Waals surface area contributed by atoms with Gasteiger partial charge in [0, 0.05) is 49.5 Å². The standard InChI is InChI=1S/C17H26ClN3OS/c1-19-16(20-8-11-23-2)21-13-17(6-9-22-10-7-17)14-4-3-5-15(18)12-14/h3-5,12H,6-11,13H2,1-2H3,(H2,19,20,21). The summed E-state index contributed by atoms with van der Waals surface area (Å²) in [6.45, 7) is 3.31. The van der Waals surface area contributed by atoms with E-state index in [1.54, 1.807) is 0 Å². The lowest BCUT2D eigenvalue weighted by atomic mass is 9.74. The van der Waals surface area contributed by atoms with Crippen molar-refractivity contribution in [3.63, 3.8) is 0 Å². The first-order chi connectivity index (χ1) is 11.2. The molecule has 0 radical (unpaired) electrons. The van der Waals surface area contributed by atoms with Gasteiger partial charge >= 0.3 is 0 Å². The van der Waals surface area contributed by atoms with Crippen molar-refractivity contribution in [2.45, 2.75) is 18.3 Å². The monoisotopic (exact) mass is 355 g/mol. The van der Waals surface area contributed by atoms with Gasteiger partial charge < -0.3 is 15.4 Å². The van der Waals surface area contributed by atoms with Crippen LogP contribution in [0.5, 0.6) is 0 Å². The number of hydrogen-bond donors (Lipinski definition) is 2. The highest BCUT2D eigenvalue weighted by Gasteiger charge is 2.34. The van der Waals surface area contributed by atoms with Crippen LogP contribution in [0.1, 0.15) is 18.4 Å². The molecule has 0 amide bonds. The van der Waals surface area contributed by atoms with Crippen LogP contribution in [0.4, 0.5) is 0 Å². The summed E-state index contributed by atoms with van der Waals surface area (Å²) in [6.07, 6.45) is 4.08. The molecule has 1 saturated heterocycles. The van der Waals surface area contributed by atoms with Gasteiger partial charge in [-0.05, 0) is 36.8 Å². The lowest BCUT2D eigenvalue weighted by Gasteiger charge is -2.38. The Morgan fingerprint density at radius 2 is 2.13 bits per heavy atom. The van der Waals surface area contributed by atoms with Crippen LogP contribution in [0.3, 0.4) is 0 Å². The van der Waals surface area contributed by atoms with Crippen molar-refractivity contribution in [1.82, 2.24) is 10.6 Å². The summed E-state index contributed by atoms with van der Waals surface area (Å²) in [5.74, 6) is 1.92. The zero-order valence-electron chi connectivity index (χ0n) is 13.9. The topological polar surface area (TPSA) is 45.7 Å². The predicted molar refractivity (Wildman–Crippen MR) is 101 cm³/mol. The number of rotatable bonds is 6. The van der Waals surface area contributed by atoms with E-state index < -0.39 is 0 Å². The SMILES string of the molecule is CN=C(NCCSC)NCC1(c2cccc(Cl)c2)CCOCC1. The number of guanidine groups is 1. The van der Waals surface area contributed by atoms with Crippen LogP contribution in [0.15, 0.2) is 29.3 Å². The van der Waals surface area contributed by atoms with Gasteiger partial charge in [0.25, 0.3) is 0 Å². The molecule has 1 aliphatic heterocycles. The summed E-state index contributed by atoms with van der Waals surface area (Å²) in [4.78, 5) is 4.31. The molecule has 1 aromatic carbocycles. The van der Waals surface area contributed by atoms with Crippen molar-refractivity contribution in [3.05, 3.63) is 34.9 Å². The first-order valence-corrected chi connectivity index (χ1v) is 9.75. The second-order valence-corrected chi connectivity index (χ2v) is 7.17. The zero-order valence-corrected chi connectivity index (χ0v) is 15.5. The Bertz CT molecular complexity index is 518. The van der Waals surface area contributed by atoms with Gasteiger partial charge in [-0.1, -0.05) is 23.7 Å². The van der Waals surface area contributed by atoms with Crippen molar-refractivity contribution >= 4 is 29.3 Å². The largest absolute Gasteiger partial charge is 0.381 e. The maximum Gasteiger partial charge on any atom is 0.191 e. The van der Waals surface area contributed by atoms with E-state index in [2.05, 4.69) is 34.0 Å². The van der Waals surface area contributed by atoms with Crippen LogP contribution in [0, 0.1) is 0 Å². The van der Waals surface area contributed by atoms with Crippen LogP contribution in [0.25, 0.3) is 0 Å². The molecule has 6 heteroatoms. The fourth-order valence-corrected chi connectivity index (χ4v) is 3.39. The maximum atomic E-state index is 6.21. The average molecular weight is 356 g/mol. The Balaban J connectivity index is 2.07. The fourth-order valence-electron chi connectivity index (χ4n) is 2.89. The second-order valence-electron chi connectivity index (χ2n) is 5.75. The number of ether oxygens (including phenoxy) is 1. The Morgan fingerprint density at radius 3 is 2.78 bits per heavy atom. The van der Waals surface area contributed by atoms with Crippen LogP contribution < -0.4 is 10.6 Å². The molecule has 1 fully saturated rings. The molecule has 23 heavy (non-hydrogen) atoms. The lowest BCUT2D eigenvalue weighted by Crippen LogP contribution is -2.48.